The molecule has 0 unspecified atom stereocenters. The number of fused-ring (bicyclic) bond motifs is 16. The Kier molecular flexibility index (Phi) is 9.09. The van der Waals surface area contributed by atoms with E-state index in [0.29, 0.717) is 17.5 Å². The summed E-state index contributed by atoms with van der Waals surface area (Å²) < 4.78 is 9.15. The summed E-state index contributed by atoms with van der Waals surface area (Å²) in [6.07, 6.45) is 0. The van der Waals surface area contributed by atoms with Crippen molar-refractivity contribution in [1.82, 2.24) is 15.0 Å². The smallest absolute Gasteiger partial charge is 0.164 e. The third-order valence-electron chi connectivity index (χ3n) is 15.8. The predicted octanol–water partition coefficient (Wildman–Crippen LogP) is 18.5. The van der Waals surface area contributed by atoms with Gasteiger partial charge in [0.05, 0.1) is 5.41 Å². The van der Waals surface area contributed by atoms with Crippen molar-refractivity contribution < 1.29 is 4.42 Å². The largest absolute Gasteiger partial charge is 0.456 e. The zero-order valence-corrected chi connectivity index (χ0v) is 41.1. The summed E-state index contributed by atoms with van der Waals surface area (Å²) >= 11 is 1.81. The molecule has 1 spiro atoms. The summed E-state index contributed by atoms with van der Waals surface area (Å²) in [6.45, 7) is 0. The molecule has 0 saturated carbocycles. The van der Waals surface area contributed by atoms with Crippen LogP contribution in [0.4, 0.5) is 0 Å². The van der Waals surface area contributed by atoms with Crippen molar-refractivity contribution in [1.29, 1.82) is 0 Å². The van der Waals surface area contributed by atoms with Crippen LogP contribution in [0.3, 0.4) is 0 Å². The lowest BCUT2D eigenvalue weighted by Crippen LogP contribution is -2.25. The summed E-state index contributed by atoms with van der Waals surface area (Å²) in [7, 11) is 0. The number of hydrogen-bond donors (Lipinski definition) is 0. The molecule has 348 valence electrons. The Hall–Kier alpha value is -9.55. The van der Waals surface area contributed by atoms with Crippen molar-refractivity contribution >= 4 is 53.4 Å². The van der Waals surface area contributed by atoms with Gasteiger partial charge in [0, 0.05) is 47.6 Å². The second kappa shape index (κ2) is 16.2. The molecular formula is C70H41N3OS. The minimum absolute atomic E-state index is 0.405. The summed E-state index contributed by atoms with van der Waals surface area (Å²) in [5, 5.41) is 4.39. The second-order valence-electron chi connectivity index (χ2n) is 19.8. The average Bonchev–Trinajstić information content (AvgIpc) is 4.39. The van der Waals surface area contributed by atoms with Crippen molar-refractivity contribution in [3.05, 3.63) is 271 Å². The number of furan rings is 1. The first-order valence-electron chi connectivity index (χ1n) is 25.5. The van der Waals surface area contributed by atoms with Crippen LogP contribution < -0.4 is 0 Å². The van der Waals surface area contributed by atoms with E-state index in [1.54, 1.807) is 11.3 Å². The van der Waals surface area contributed by atoms with Gasteiger partial charge in [0.25, 0.3) is 0 Å². The van der Waals surface area contributed by atoms with Gasteiger partial charge in [0.15, 0.2) is 17.5 Å². The van der Waals surface area contributed by atoms with Gasteiger partial charge in [-0.25, -0.2) is 15.0 Å². The minimum Gasteiger partial charge on any atom is -0.456 e. The van der Waals surface area contributed by atoms with Crippen molar-refractivity contribution in [3.8, 4) is 89.8 Å². The predicted molar refractivity (Wildman–Crippen MR) is 309 cm³/mol. The van der Waals surface area contributed by atoms with Crippen LogP contribution in [0.25, 0.3) is 132 Å². The van der Waals surface area contributed by atoms with Gasteiger partial charge >= 0.3 is 0 Å². The maximum absolute atomic E-state index is 6.66. The van der Waals surface area contributed by atoms with Crippen LogP contribution in [0, 0.1) is 0 Å². The lowest BCUT2D eigenvalue weighted by molar-refractivity contribution is 0.669. The van der Waals surface area contributed by atoms with Gasteiger partial charge in [-0.2, -0.15) is 0 Å². The Balaban J connectivity index is 0.826. The van der Waals surface area contributed by atoms with Gasteiger partial charge < -0.3 is 4.42 Å². The van der Waals surface area contributed by atoms with Crippen LogP contribution in [0.2, 0.25) is 0 Å². The molecule has 0 fully saturated rings. The van der Waals surface area contributed by atoms with Crippen LogP contribution in [-0.2, 0) is 5.41 Å². The summed E-state index contributed by atoms with van der Waals surface area (Å²) in [5.74, 6) is 1.81. The number of rotatable bonds is 6. The molecule has 0 aliphatic heterocycles. The molecule has 16 rings (SSSR count). The molecule has 3 aromatic heterocycles. The van der Waals surface area contributed by atoms with Gasteiger partial charge in [-0.05, 0) is 132 Å². The molecule has 3 heterocycles. The third kappa shape index (κ3) is 6.32. The van der Waals surface area contributed by atoms with E-state index in [4.69, 9.17) is 19.4 Å². The summed E-state index contributed by atoms with van der Waals surface area (Å²) in [6, 6.07) is 89.9. The van der Waals surface area contributed by atoms with Crippen LogP contribution in [0.15, 0.2) is 253 Å². The van der Waals surface area contributed by atoms with Gasteiger partial charge in [0.1, 0.15) is 11.2 Å². The van der Waals surface area contributed by atoms with Gasteiger partial charge in [-0.3, -0.25) is 0 Å². The molecule has 75 heavy (non-hydrogen) atoms. The average molecular weight is 972 g/mol. The molecule has 0 amide bonds. The Labute approximate surface area is 436 Å². The molecule has 4 nitrogen and oxygen atoms in total. The molecule has 0 radical (unpaired) electrons. The number of benzene rings is 11. The standard InChI is InChI=1S/C70H41N3OS/c1-2-14-42(15-3-1)43-28-30-44(31-29-43)67-71-68(49-34-37-65-56(40-49)54-21-7-11-27-64(54)75-65)73-69(72-67)55-22-13-26-63-66(55)57-39-47(33-36-62(57)74-63)45-16-12-17-46(38-45)48-32-35-53-52-20-6-10-25-60(52)70(61(53)41-48)58-23-8-4-18-50(58)51-19-5-9-24-59(51)70/h1-41H. The zero-order chi connectivity index (χ0) is 49.2. The lowest BCUT2D eigenvalue weighted by Gasteiger charge is -2.30. The maximum Gasteiger partial charge on any atom is 0.164 e. The van der Waals surface area contributed by atoms with E-state index in [1.807, 2.05) is 18.2 Å². The molecule has 14 aromatic rings. The van der Waals surface area contributed by atoms with E-state index in [-0.39, 0.29) is 0 Å². The van der Waals surface area contributed by atoms with Gasteiger partial charge in [0.2, 0.25) is 0 Å². The molecule has 11 aromatic carbocycles. The fraction of sp³-hybridized carbons (Fsp3) is 0.0143. The Bertz CT molecular complexity index is 4600. The van der Waals surface area contributed by atoms with Crippen LogP contribution >= 0.6 is 11.3 Å². The van der Waals surface area contributed by atoms with Crippen molar-refractivity contribution in [3.63, 3.8) is 0 Å². The highest BCUT2D eigenvalue weighted by Gasteiger charge is 2.51. The number of nitrogens with zero attached hydrogens (tertiary/aromatic N) is 3. The second-order valence-corrected chi connectivity index (χ2v) is 20.9. The molecule has 2 aliphatic rings. The minimum atomic E-state index is -0.405. The maximum atomic E-state index is 6.66. The Morgan fingerprint density at radius 2 is 0.773 bits per heavy atom. The highest BCUT2D eigenvalue weighted by atomic mass is 32.1. The molecular weight excluding hydrogens is 931 g/mol. The number of thiophene rings is 1. The van der Waals surface area contributed by atoms with E-state index < -0.39 is 5.41 Å². The van der Waals surface area contributed by atoms with Crippen LogP contribution in [0.5, 0.6) is 0 Å². The van der Waals surface area contributed by atoms with E-state index in [9.17, 15) is 0 Å². The van der Waals surface area contributed by atoms with Crippen molar-refractivity contribution in [2.75, 3.05) is 0 Å². The topological polar surface area (TPSA) is 51.8 Å². The van der Waals surface area contributed by atoms with Crippen LogP contribution in [-0.4, -0.2) is 15.0 Å². The number of aromatic nitrogens is 3. The Morgan fingerprint density at radius 1 is 0.280 bits per heavy atom. The quantitative estimate of drug-likeness (QED) is 0.167. The van der Waals surface area contributed by atoms with Crippen molar-refractivity contribution in [2.24, 2.45) is 0 Å². The first-order valence-corrected chi connectivity index (χ1v) is 26.3. The molecule has 2 aliphatic carbocycles. The summed E-state index contributed by atoms with van der Waals surface area (Å²) in [4.78, 5) is 15.8. The van der Waals surface area contributed by atoms with Gasteiger partial charge in [-0.1, -0.05) is 194 Å². The first kappa shape index (κ1) is 42.0. The molecule has 0 N–H and O–H groups in total. The van der Waals surface area contributed by atoms with Crippen LogP contribution in [0.1, 0.15) is 22.3 Å². The van der Waals surface area contributed by atoms with Gasteiger partial charge in [-0.15, -0.1) is 11.3 Å². The molecule has 5 heteroatoms. The van der Waals surface area contributed by atoms with E-state index in [2.05, 4.69) is 231 Å². The highest BCUT2D eigenvalue weighted by Crippen LogP contribution is 2.63. The SMILES string of the molecule is c1ccc(-c2ccc(-c3nc(-c4ccc5sc6ccccc6c5c4)nc(-c4cccc5oc6ccc(-c7cccc(-c8ccc9c(c8)C8(c%10ccccc%10-c%10ccccc%108)c8ccccc8-9)c7)cc6c45)n3)cc2)cc1. The Morgan fingerprint density at radius 3 is 1.52 bits per heavy atom. The lowest BCUT2D eigenvalue weighted by atomic mass is 9.70. The van der Waals surface area contributed by atoms with Crippen molar-refractivity contribution in [2.45, 2.75) is 5.41 Å². The highest BCUT2D eigenvalue weighted by molar-refractivity contribution is 7.25. The molecule has 0 atom stereocenters. The third-order valence-corrected chi connectivity index (χ3v) is 16.9. The molecule has 0 bridgehead atoms. The summed E-state index contributed by atoms with van der Waals surface area (Å²) in [5.41, 5.74) is 21.3. The van der Waals surface area contributed by atoms with E-state index in [0.717, 1.165) is 66.4 Å². The normalized spacial score (nSPS) is 12.9. The first-order chi connectivity index (χ1) is 37.1. The zero-order valence-electron chi connectivity index (χ0n) is 40.3. The monoisotopic (exact) mass is 971 g/mol. The molecule has 0 saturated heterocycles. The van der Waals surface area contributed by atoms with E-state index in [1.165, 1.54) is 70.2 Å². The fourth-order valence-electron chi connectivity index (χ4n) is 12.4. The fourth-order valence-corrected chi connectivity index (χ4v) is 13.5. The number of hydrogen-bond acceptors (Lipinski definition) is 5. The van der Waals surface area contributed by atoms with E-state index >= 15 is 0 Å².